The number of anilines is 1. The monoisotopic (exact) mass is 282 g/mol. The summed E-state index contributed by atoms with van der Waals surface area (Å²) >= 11 is 0.931. The molecule has 0 aliphatic rings. The first-order valence-corrected chi connectivity index (χ1v) is 6.30. The summed E-state index contributed by atoms with van der Waals surface area (Å²) in [5.74, 6) is -1.65. The molecule has 2 aromatic rings. The SMILES string of the molecule is Cc1cccc(F)c1-n1c(N)nnc1SCC(=O)O. The van der Waals surface area contributed by atoms with Crippen LogP contribution in [0.1, 0.15) is 5.56 Å². The zero-order valence-electron chi connectivity index (χ0n) is 10.00. The Labute approximate surface area is 112 Å². The summed E-state index contributed by atoms with van der Waals surface area (Å²) in [5.41, 5.74) is 6.57. The molecule has 2 rings (SSSR count). The van der Waals surface area contributed by atoms with Crippen LogP contribution in [0.25, 0.3) is 5.69 Å². The van der Waals surface area contributed by atoms with Gasteiger partial charge in [-0.2, -0.15) is 0 Å². The molecule has 0 amide bonds. The molecular weight excluding hydrogens is 271 g/mol. The summed E-state index contributed by atoms with van der Waals surface area (Å²) in [5, 5.41) is 16.3. The van der Waals surface area contributed by atoms with Gasteiger partial charge < -0.3 is 10.8 Å². The first kappa shape index (κ1) is 13.3. The van der Waals surface area contributed by atoms with E-state index < -0.39 is 11.8 Å². The van der Waals surface area contributed by atoms with Crippen molar-refractivity contribution in [1.29, 1.82) is 0 Å². The summed E-state index contributed by atoms with van der Waals surface area (Å²) < 4.78 is 15.2. The maximum absolute atomic E-state index is 13.9. The molecule has 1 aromatic carbocycles. The summed E-state index contributed by atoms with van der Waals surface area (Å²) in [7, 11) is 0. The number of hydrogen-bond donors (Lipinski definition) is 2. The van der Waals surface area contributed by atoms with Gasteiger partial charge in [0.05, 0.1) is 11.4 Å². The fraction of sp³-hybridized carbons (Fsp3) is 0.182. The molecule has 0 atom stereocenters. The van der Waals surface area contributed by atoms with Gasteiger partial charge in [-0.15, -0.1) is 10.2 Å². The lowest BCUT2D eigenvalue weighted by atomic mass is 10.2. The number of nitrogens with two attached hydrogens (primary N) is 1. The number of aromatic nitrogens is 3. The summed E-state index contributed by atoms with van der Waals surface area (Å²) in [6.45, 7) is 1.73. The van der Waals surface area contributed by atoms with Gasteiger partial charge in [-0.3, -0.25) is 9.36 Å². The molecule has 1 heterocycles. The van der Waals surface area contributed by atoms with E-state index in [2.05, 4.69) is 10.2 Å². The Kier molecular flexibility index (Phi) is 3.70. The average Bonchev–Trinajstić information content (AvgIpc) is 2.69. The molecule has 19 heavy (non-hydrogen) atoms. The molecule has 0 saturated heterocycles. The minimum Gasteiger partial charge on any atom is -0.481 e. The number of benzene rings is 1. The van der Waals surface area contributed by atoms with E-state index in [9.17, 15) is 9.18 Å². The Morgan fingerprint density at radius 1 is 1.53 bits per heavy atom. The van der Waals surface area contributed by atoms with Crippen molar-refractivity contribution < 1.29 is 14.3 Å². The smallest absolute Gasteiger partial charge is 0.313 e. The minimum absolute atomic E-state index is 0.0149. The van der Waals surface area contributed by atoms with Gasteiger partial charge in [-0.05, 0) is 18.6 Å². The molecule has 1 aromatic heterocycles. The highest BCUT2D eigenvalue weighted by Crippen LogP contribution is 2.26. The lowest BCUT2D eigenvalue weighted by molar-refractivity contribution is -0.133. The van der Waals surface area contributed by atoms with Gasteiger partial charge in [0.2, 0.25) is 5.95 Å². The highest BCUT2D eigenvalue weighted by molar-refractivity contribution is 7.99. The van der Waals surface area contributed by atoms with Crippen LogP contribution in [0.3, 0.4) is 0 Å². The quantitative estimate of drug-likeness (QED) is 0.825. The van der Waals surface area contributed by atoms with Crippen molar-refractivity contribution in [2.75, 3.05) is 11.5 Å². The van der Waals surface area contributed by atoms with Gasteiger partial charge in [-0.1, -0.05) is 23.9 Å². The van der Waals surface area contributed by atoms with Crippen LogP contribution >= 0.6 is 11.8 Å². The van der Waals surface area contributed by atoms with Crippen LogP contribution in [0, 0.1) is 12.7 Å². The van der Waals surface area contributed by atoms with Gasteiger partial charge in [0, 0.05) is 0 Å². The highest BCUT2D eigenvalue weighted by Gasteiger charge is 2.18. The van der Waals surface area contributed by atoms with E-state index in [0.29, 0.717) is 5.56 Å². The molecule has 0 saturated carbocycles. The Morgan fingerprint density at radius 3 is 2.89 bits per heavy atom. The fourth-order valence-corrected chi connectivity index (χ4v) is 2.28. The maximum Gasteiger partial charge on any atom is 0.313 e. The summed E-state index contributed by atoms with van der Waals surface area (Å²) in [4.78, 5) is 10.6. The van der Waals surface area contributed by atoms with Crippen molar-refractivity contribution in [2.24, 2.45) is 0 Å². The van der Waals surface area contributed by atoms with Crippen LogP contribution < -0.4 is 5.73 Å². The molecule has 0 unspecified atom stereocenters. The number of rotatable bonds is 4. The number of aryl methyl sites for hydroxylation is 1. The molecule has 0 aliphatic carbocycles. The number of nitrogen functional groups attached to an aromatic ring is 1. The molecule has 6 nitrogen and oxygen atoms in total. The zero-order valence-corrected chi connectivity index (χ0v) is 10.8. The molecule has 0 spiro atoms. The van der Waals surface area contributed by atoms with Crippen molar-refractivity contribution in [3.8, 4) is 5.69 Å². The van der Waals surface area contributed by atoms with Crippen molar-refractivity contribution in [3.63, 3.8) is 0 Å². The second-order valence-electron chi connectivity index (χ2n) is 3.76. The first-order valence-electron chi connectivity index (χ1n) is 5.31. The topological polar surface area (TPSA) is 94.0 Å². The minimum atomic E-state index is -0.997. The fourth-order valence-electron chi connectivity index (χ4n) is 1.62. The third-order valence-corrected chi connectivity index (χ3v) is 3.31. The number of aliphatic carboxylic acids is 1. The second-order valence-corrected chi connectivity index (χ2v) is 4.71. The van der Waals surface area contributed by atoms with E-state index in [1.807, 2.05) is 0 Å². The standard InChI is InChI=1S/C11H11FN4O2S/c1-6-3-2-4-7(12)9(6)16-10(13)14-15-11(16)19-5-8(17)18/h2-4H,5H2,1H3,(H2,13,14)(H,17,18). The molecule has 0 radical (unpaired) electrons. The maximum atomic E-state index is 13.9. The predicted molar refractivity (Wildman–Crippen MR) is 68.8 cm³/mol. The molecule has 0 fully saturated rings. The largest absolute Gasteiger partial charge is 0.481 e. The van der Waals surface area contributed by atoms with Crippen molar-refractivity contribution in [2.45, 2.75) is 12.1 Å². The van der Waals surface area contributed by atoms with E-state index >= 15 is 0 Å². The van der Waals surface area contributed by atoms with Crippen LogP contribution in [0.4, 0.5) is 10.3 Å². The molecule has 100 valence electrons. The summed E-state index contributed by atoms with van der Waals surface area (Å²) in [6.07, 6.45) is 0. The van der Waals surface area contributed by atoms with E-state index in [-0.39, 0.29) is 22.5 Å². The normalized spacial score (nSPS) is 10.6. The lowest BCUT2D eigenvalue weighted by Gasteiger charge is -2.11. The number of carboxylic acid groups (broad SMARTS) is 1. The van der Waals surface area contributed by atoms with Gasteiger partial charge >= 0.3 is 5.97 Å². The number of halogens is 1. The highest BCUT2D eigenvalue weighted by atomic mass is 32.2. The molecular formula is C11H11FN4O2S. The lowest BCUT2D eigenvalue weighted by Crippen LogP contribution is -2.07. The Morgan fingerprint density at radius 2 is 2.26 bits per heavy atom. The zero-order chi connectivity index (χ0) is 14.0. The van der Waals surface area contributed by atoms with Crippen molar-refractivity contribution in [3.05, 3.63) is 29.6 Å². The number of nitrogens with zero attached hydrogens (tertiary/aromatic N) is 3. The van der Waals surface area contributed by atoms with Crippen LogP contribution in [-0.2, 0) is 4.79 Å². The third-order valence-electron chi connectivity index (χ3n) is 2.40. The van der Waals surface area contributed by atoms with E-state index in [1.54, 1.807) is 19.1 Å². The van der Waals surface area contributed by atoms with Gasteiger partial charge in [0.15, 0.2) is 5.16 Å². The first-order chi connectivity index (χ1) is 9.00. The van der Waals surface area contributed by atoms with E-state index in [4.69, 9.17) is 10.8 Å². The molecule has 0 bridgehead atoms. The Balaban J connectivity index is 2.49. The number of para-hydroxylation sites is 1. The molecule has 8 heteroatoms. The number of carbonyl (C=O) groups is 1. The second kappa shape index (κ2) is 5.27. The number of thioether (sulfide) groups is 1. The van der Waals surface area contributed by atoms with Crippen LogP contribution in [0.2, 0.25) is 0 Å². The van der Waals surface area contributed by atoms with Gasteiger partial charge in [0.25, 0.3) is 0 Å². The van der Waals surface area contributed by atoms with Crippen LogP contribution in [0.15, 0.2) is 23.4 Å². The Bertz CT molecular complexity index is 609. The van der Waals surface area contributed by atoms with Crippen molar-refractivity contribution in [1.82, 2.24) is 14.8 Å². The predicted octanol–water partition coefficient (Wildman–Crippen LogP) is 1.47. The van der Waals surface area contributed by atoms with Gasteiger partial charge in [0.1, 0.15) is 5.82 Å². The van der Waals surface area contributed by atoms with E-state index in [1.165, 1.54) is 10.6 Å². The number of carboxylic acids is 1. The van der Waals surface area contributed by atoms with Gasteiger partial charge in [-0.25, -0.2) is 4.39 Å². The average molecular weight is 282 g/mol. The molecule has 0 aliphatic heterocycles. The Hall–Kier alpha value is -2.09. The summed E-state index contributed by atoms with van der Waals surface area (Å²) in [6, 6.07) is 4.61. The van der Waals surface area contributed by atoms with E-state index in [0.717, 1.165) is 11.8 Å². The van der Waals surface area contributed by atoms with Crippen LogP contribution in [-0.4, -0.2) is 31.6 Å². The third kappa shape index (κ3) is 2.68. The van der Waals surface area contributed by atoms with Crippen LogP contribution in [0.5, 0.6) is 0 Å². The van der Waals surface area contributed by atoms with Crippen molar-refractivity contribution >= 4 is 23.7 Å². The molecule has 3 N–H and O–H groups in total. The number of hydrogen-bond acceptors (Lipinski definition) is 5.